The molecular formula is C7H17BrN2O. The van der Waals surface area contributed by atoms with Crippen molar-refractivity contribution in [1.29, 1.82) is 0 Å². The Morgan fingerprint density at radius 2 is 2.27 bits per heavy atom. The maximum atomic E-state index is 8.90. The number of halogens is 1. The molecule has 0 aliphatic carbocycles. The lowest BCUT2D eigenvalue weighted by Gasteiger charge is -2.33. The van der Waals surface area contributed by atoms with Crippen molar-refractivity contribution in [2.45, 2.75) is 12.5 Å². The first-order chi connectivity index (χ1) is 4.74. The molecule has 2 unspecified atom stereocenters. The quantitative estimate of drug-likeness (QED) is 0.468. The molecule has 2 N–H and O–H groups in total. The first kappa shape index (κ1) is 11.4. The van der Waals surface area contributed by atoms with Gasteiger partial charge < -0.3 is 27.0 Å². The highest BCUT2D eigenvalue weighted by atomic mass is 79.9. The van der Waals surface area contributed by atoms with Crippen molar-refractivity contribution in [2.24, 2.45) is 0 Å². The van der Waals surface area contributed by atoms with E-state index >= 15 is 0 Å². The third-order valence-electron chi connectivity index (χ3n) is 2.26. The van der Waals surface area contributed by atoms with Gasteiger partial charge in [0.15, 0.2) is 0 Å². The highest BCUT2D eigenvalue weighted by molar-refractivity contribution is 4.66. The van der Waals surface area contributed by atoms with Crippen LogP contribution in [-0.2, 0) is 0 Å². The van der Waals surface area contributed by atoms with E-state index in [0.717, 1.165) is 13.1 Å². The maximum Gasteiger partial charge on any atom is 0.133 e. The molecule has 0 aromatic heterocycles. The number of aliphatic hydroxyl groups is 1. The van der Waals surface area contributed by atoms with Crippen LogP contribution in [0, 0.1) is 0 Å². The minimum absolute atomic E-state index is 0. The second-order valence-corrected chi connectivity index (χ2v) is 3.25. The molecule has 1 saturated heterocycles. The number of rotatable bonds is 1. The summed E-state index contributed by atoms with van der Waals surface area (Å²) in [5.41, 5.74) is 0. The van der Waals surface area contributed by atoms with Crippen molar-refractivity contribution >= 4 is 0 Å². The standard InChI is InChI=1S/C7H16N2O.BrH/c1-8-4-3-7(5-10)9(2)6-8;/h7,10H,3-6H2,1-2H3;1H. The molecule has 0 saturated carbocycles. The molecule has 1 rings (SSSR count). The third-order valence-corrected chi connectivity index (χ3v) is 2.26. The topological polar surface area (TPSA) is 27.9 Å². The van der Waals surface area contributed by atoms with Gasteiger partial charge in [0.2, 0.25) is 0 Å². The van der Waals surface area contributed by atoms with Crippen molar-refractivity contribution in [1.82, 2.24) is 4.90 Å². The largest absolute Gasteiger partial charge is 1.00 e. The molecular weight excluding hydrogens is 208 g/mol. The van der Waals surface area contributed by atoms with Gasteiger partial charge in [0.1, 0.15) is 6.67 Å². The van der Waals surface area contributed by atoms with Gasteiger partial charge in [0.25, 0.3) is 0 Å². The molecule has 1 heterocycles. The molecule has 0 bridgehead atoms. The second-order valence-electron chi connectivity index (χ2n) is 3.25. The molecule has 0 radical (unpaired) electrons. The van der Waals surface area contributed by atoms with Gasteiger partial charge in [-0.15, -0.1) is 0 Å². The van der Waals surface area contributed by atoms with E-state index in [4.69, 9.17) is 5.11 Å². The molecule has 0 aromatic carbocycles. The van der Waals surface area contributed by atoms with Crippen molar-refractivity contribution in [3.8, 4) is 0 Å². The van der Waals surface area contributed by atoms with Gasteiger partial charge in [-0.25, -0.2) is 0 Å². The van der Waals surface area contributed by atoms with Crippen molar-refractivity contribution in [3.63, 3.8) is 0 Å². The summed E-state index contributed by atoms with van der Waals surface area (Å²) < 4.78 is 0. The third kappa shape index (κ3) is 3.07. The molecule has 1 fully saturated rings. The van der Waals surface area contributed by atoms with E-state index in [2.05, 4.69) is 19.0 Å². The van der Waals surface area contributed by atoms with Gasteiger partial charge in [-0.05, 0) is 7.05 Å². The molecule has 2 atom stereocenters. The van der Waals surface area contributed by atoms with Crippen LogP contribution < -0.4 is 21.9 Å². The Morgan fingerprint density at radius 1 is 1.64 bits per heavy atom. The summed E-state index contributed by atoms with van der Waals surface area (Å²) in [4.78, 5) is 3.76. The Kier molecular flexibility index (Phi) is 5.25. The second kappa shape index (κ2) is 5.09. The van der Waals surface area contributed by atoms with Crippen LogP contribution >= 0.6 is 0 Å². The summed E-state index contributed by atoms with van der Waals surface area (Å²) in [7, 11) is 4.26. The molecule has 0 spiro atoms. The highest BCUT2D eigenvalue weighted by Gasteiger charge is 2.22. The van der Waals surface area contributed by atoms with Crippen LogP contribution in [0.3, 0.4) is 0 Å². The molecule has 3 nitrogen and oxygen atoms in total. The Labute approximate surface area is 78.7 Å². The van der Waals surface area contributed by atoms with Crippen LogP contribution in [-0.4, -0.2) is 50.0 Å². The minimum Gasteiger partial charge on any atom is -1.00 e. The SMILES string of the molecule is CN1C[NH+](C)CCC1CO.[Br-]. The van der Waals surface area contributed by atoms with Gasteiger partial charge in [0.05, 0.1) is 20.2 Å². The minimum atomic E-state index is 0. The number of nitrogens with zero attached hydrogens (tertiary/aromatic N) is 1. The van der Waals surface area contributed by atoms with E-state index in [0.29, 0.717) is 12.6 Å². The van der Waals surface area contributed by atoms with E-state index in [1.165, 1.54) is 11.4 Å². The van der Waals surface area contributed by atoms with Crippen molar-refractivity contribution < 1.29 is 27.0 Å². The summed E-state index contributed by atoms with van der Waals surface area (Å²) in [6.45, 7) is 2.56. The fraction of sp³-hybridized carbons (Fsp3) is 1.00. The Balaban J connectivity index is 0.000001000. The fourth-order valence-electron chi connectivity index (χ4n) is 1.50. The number of quaternary nitrogens is 1. The van der Waals surface area contributed by atoms with Crippen LogP contribution in [0.5, 0.6) is 0 Å². The molecule has 0 aromatic rings. The lowest BCUT2D eigenvalue weighted by atomic mass is 10.1. The predicted octanol–water partition coefficient (Wildman–Crippen LogP) is -4.84. The zero-order valence-electron chi connectivity index (χ0n) is 7.18. The molecule has 4 heteroatoms. The van der Waals surface area contributed by atoms with E-state index in [-0.39, 0.29) is 17.0 Å². The average molecular weight is 225 g/mol. The molecule has 1 aliphatic heterocycles. The van der Waals surface area contributed by atoms with Crippen LogP contribution in [0.25, 0.3) is 0 Å². The van der Waals surface area contributed by atoms with E-state index in [9.17, 15) is 0 Å². The summed E-state index contributed by atoms with van der Waals surface area (Å²) in [6, 6.07) is 0.406. The van der Waals surface area contributed by atoms with E-state index in [1.807, 2.05) is 0 Å². The molecule has 68 valence electrons. The lowest BCUT2D eigenvalue weighted by Crippen LogP contribution is -3.12. The average Bonchev–Trinajstić information content (AvgIpc) is 1.88. The summed E-state index contributed by atoms with van der Waals surface area (Å²) in [5.74, 6) is 0. The van der Waals surface area contributed by atoms with Crippen molar-refractivity contribution in [3.05, 3.63) is 0 Å². The number of likely N-dealkylation sites (N-methyl/N-ethyl adjacent to an activating group) is 1. The smallest absolute Gasteiger partial charge is 0.133 e. The number of hydrogen-bond donors (Lipinski definition) is 2. The summed E-state index contributed by atoms with van der Waals surface area (Å²) in [6.07, 6.45) is 1.12. The van der Waals surface area contributed by atoms with E-state index < -0.39 is 0 Å². The monoisotopic (exact) mass is 224 g/mol. The van der Waals surface area contributed by atoms with Gasteiger partial charge in [0, 0.05) is 12.5 Å². The van der Waals surface area contributed by atoms with Gasteiger partial charge in [-0.1, -0.05) is 0 Å². The first-order valence-corrected chi connectivity index (χ1v) is 3.86. The summed E-state index contributed by atoms with van der Waals surface area (Å²) >= 11 is 0. The maximum absolute atomic E-state index is 8.90. The number of nitrogens with one attached hydrogen (secondary N) is 1. The predicted molar refractivity (Wildman–Crippen MR) is 39.9 cm³/mol. The molecule has 11 heavy (non-hydrogen) atoms. The fourth-order valence-corrected chi connectivity index (χ4v) is 1.50. The first-order valence-electron chi connectivity index (χ1n) is 3.86. The zero-order valence-corrected chi connectivity index (χ0v) is 8.76. The van der Waals surface area contributed by atoms with Gasteiger partial charge in [-0.3, -0.25) is 4.90 Å². The number of aliphatic hydroxyl groups excluding tert-OH is 1. The van der Waals surface area contributed by atoms with Crippen LogP contribution in [0.2, 0.25) is 0 Å². The Bertz CT molecular complexity index is 113. The lowest BCUT2D eigenvalue weighted by molar-refractivity contribution is -0.897. The molecule has 0 amide bonds. The summed E-state index contributed by atoms with van der Waals surface area (Å²) in [5, 5.41) is 8.90. The Morgan fingerprint density at radius 3 is 2.73 bits per heavy atom. The van der Waals surface area contributed by atoms with Gasteiger partial charge in [-0.2, -0.15) is 0 Å². The number of hydrogen-bond acceptors (Lipinski definition) is 2. The van der Waals surface area contributed by atoms with Crippen molar-refractivity contribution in [2.75, 3.05) is 33.9 Å². The van der Waals surface area contributed by atoms with Crippen LogP contribution in [0.15, 0.2) is 0 Å². The van der Waals surface area contributed by atoms with E-state index in [1.54, 1.807) is 0 Å². The zero-order chi connectivity index (χ0) is 7.56. The highest BCUT2D eigenvalue weighted by Crippen LogP contribution is 1.99. The van der Waals surface area contributed by atoms with Crippen LogP contribution in [0.4, 0.5) is 0 Å². The van der Waals surface area contributed by atoms with Crippen LogP contribution in [0.1, 0.15) is 6.42 Å². The van der Waals surface area contributed by atoms with Gasteiger partial charge >= 0.3 is 0 Å². The Hall–Kier alpha value is 0.360. The molecule has 1 aliphatic rings. The normalized spacial score (nSPS) is 33.0.